The van der Waals surface area contributed by atoms with Crippen molar-refractivity contribution in [1.82, 2.24) is 15.5 Å². The first-order chi connectivity index (χ1) is 10.2. The van der Waals surface area contributed by atoms with Gasteiger partial charge in [-0.15, -0.1) is 0 Å². The van der Waals surface area contributed by atoms with Crippen LogP contribution in [0.25, 0.3) is 11.5 Å². The number of carbonyl (C=O) groups excluding carboxylic acids is 1. The fraction of sp³-hybridized carbons (Fsp3) is 0.400. The Morgan fingerprint density at radius 3 is 3.00 bits per heavy atom. The maximum absolute atomic E-state index is 12.3. The third-order valence-electron chi connectivity index (χ3n) is 3.61. The van der Waals surface area contributed by atoms with E-state index < -0.39 is 0 Å². The zero-order valence-corrected chi connectivity index (χ0v) is 11.9. The molecule has 2 aromatic rings. The number of carbonyl (C=O) groups is 1. The second-order valence-electron chi connectivity index (χ2n) is 5.22. The van der Waals surface area contributed by atoms with Crippen molar-refractivity contribution < 1.29 is 9.32 Å². The second-order valence-corrected chi connectivity index (χ2v) is 5.22. The van der Waals surface area contributed by atoms with Crippen molar-refractivity contribution in [2.45, 2.75) is 19.8 Å². The van der Waals surface area contributed by atoms with Crippen LogP contribution in [0.15, 0.2) is 28.8 Å². The first-order valence-corrected chi connectivity index (χ1v) is 7.15. The molecule has 6 heteroatoms. The number of aromatic nitrogens is 2. The summed E-state index contributed by atoms with van der Waals surface area (Å²) in [6.45, 7) is 3.48. The van der Waals surface area contributed by atoms with Crippen molar-refractivity contribution >= 4 is 11.6 Å². The zero-order valence-electron chi connectivity index (χ0n) is 11.9. The molecule has 1 aliphatic rings. The van der Waals surface area contributed by atoms with Gasteiger partial charge in [-0.2, -0.15) is 4.98 Å². The fourth-order valence-corrected chi connectivity index (χ4v) is 2.50. The predicted molar refractivity (Wildman–Crippen MR) is 78.7 cm³/mol. The van der Waals surface area contributed by atoms with Gasteiger partial charge >= 0.3 is 0 Å². The van der Waals surface area contributed by atoms with E-state index in [0.29, 0.717) is 17.4 Å². The number of nitrogens with one attached hydrogen (secondary N) is 2. The number of nitrogens with zero attached hydrogens (tertiary/aromatic N) is 2. The van der Waals surface area contributed by atoms with Gasteiger partial charge < -0.3 is 15.2 Å². The average molecular weight is 286 g/mol. The molecule has 1 amide bonds. The van der Waals surface area contributed by atoms with Crippen LogP contribution < -0.4 is 10.6 Å². The van der Waals surface area contributed by atoms with Crippen molar-refractivity contribution in [3.05, 3.63) is 30.1 Å². The summed E-state index contributed by atoms with van der Waals surface area (Å²) in [4.78, 5) is 16.6. The topological polar surface area (TPSA) is 80.0 Å². The van der Waals surface area contributed by atoms with Crippen LogP contribution in [0.3, 0.4) is 0 Å². The molecule has 0 aliphatic carbocycles. The van der Waals surface area contributed by atoms with Crippen LogP contribution in [0.5, 0.6) is 0 Å². The van der Waals surface area contributed by atoms with E-state index in [1.807, 2.05) is 24.3 Å². The van der Waals surface area contributed by atoms with Gasteiger partial charge in [0.05, 0.1) is 17.2 Å². The van der Waals surface area contributed by atoms with Gasteiger partial charge in [-0.3, -0.25) is 4.79 Å². The molecule has 1 saturated heterocycles. The lowest BCUT2D eigenvalue weighted by Gasteiger charge is -2.22. The first kappa shape index (κ1) is 13.8. The first-order valence-electron chi connectivity index (χ1n) is 7.15. The second kappa shape index (κ2) is 6.05. The van der Waals surface area contributed by atoms with Gasteiger partial charge in [0, 0.05) is 6.54 Å². The van der Waals surface area contributed by atoms with E-state index in [2.05, 4.69) is 20.8 Å². The van der Waals surface area contributed by atoms with Crippen LogP contribution in [0.4, 0.5) is 5.69 Å². The average Bonchev–Trinajstić information content (AvgIpc) is 2.95. The number of amides is 1. The molecule has 1 aromatic heterocycles. The Morgan fingerprint density at radius 2 is 2.29 bits per heavy atom. The molecule has 1 fully saturated rings. The number of benzene rings is 1. The number of anilines is 1. The SMILES string of the molecule is Cc1noc(-c2ccccc2NC(=O)[C@H]2CCCNC2)n1. The van der Waals surface area contributed by atoms with Gasteiger partial charge in [0.25, 0.3) is 5.89 Å². The maximum Gasteiger partial charge on any atom is 0.260 e. The van der Waals surface area contributed by atoms with E-state index in [1.54, 1.807) is 6.92 Å². The molecule has 2 N–H and O–H groups in total. The summed E-state index contributed by atoms with van der Waals surface area (Å²) in [5, 5.41) is 10.0. The molecule has 2 heterocycles. The number of hydrogen-bond acceptors (Lipinski definition) is 5. The lowest BCUT2D eigenvalue weighted by atomic mass is 9.98. The number of hydrogen-bond donors (Lipinski definition) is 2. The number of rotatable bonds is 3. The van der Waals surface area contributed by atoms with Crippen molar-refractivity contribution in [2.24, 2.45) is 5.92 Å². The standard InChI is InChI=1S/C15H18N4O2/c1-10-17-15(21-19-10)12-6-2-3-7-13(12)18-14(20)11-5-4-8-16-9-11/h2-3,6-7,11,16H,4-5,8-9H2,1H3,(H,18,20)/t11-/m0/s1. The molecule has 0 radical (unpaired) electrons. The molecule has 1 atom stereocenters. The van der Waals surface area contributed by atoms with E-state index >= 15 is 0 Å². The summed E-state index contributed by atoms with van der Waals surface area (Å²) in [7, 11) is 0. The third-order valence-corrected chi connectivity index (χ3v) is 3.61. The minimum absolute atomic E-state index is 0.0104. The summed E-state index contributed by atoms with van der Waals surface area (Å²) in [6, 6.07) is 7.47. The van der Waals surface area contributed by atoms with E-state index in [4.69, 9.17) is 4.52 Å². The van der Waals surface area contributed by atoms with Crippen LogP contribution >= 0.6 is 0 Å². The number of aryl methyl sites for hydroxylation is 1. The molecular formula is C15H18N4O2. The molecule has 0 unspecified atom stereocenters. The van der Waals surface area contributed by atoms with Gasteiger partial charge in [0.15, 0.2) is 5.82 Å². The Bertz CT molecular complexity index is 632. The predicted octanol–water partition coefficient (Wildman–Crippen LogP) is 1.98. The van der Waals surface area contributed by atoms with Crippen LogP contribution in [-0.4, -0.2) is 29.1 Å². The van der Waals surface area contributed by atoms with E-state index in [1.165, 1.54) is 0 Å². The Hall–Kier alpha value is -2.21. The monoisotopic (exact) mass is 286 g/mol. The molecule has 3 rings (SSSR count). The van der Waals surface area contributed by atoms with Crippen LogP contribution in [0, 0.1) is 12.8 Å². The summed E-state index contributed by atoms with van der Waals surface area (Å²) in [6.07, 6.45) is 1.95. The van der Waals surface area contributed by atoms with Crippen LogP contribution in [0.2, 0.25) is 0 Å². The van der Waals surface area contributed by atoms with Crippen molar-refractivity contribution in [3.63, 3.8) is 0 Å². The highest BCUT2D eigenvalue weighted by Crippen LogP contribution is 2.27. The summed E-state index contributed by atoms with van der Waals surface area (Å²) >= 11 is 0. The zero-order chi connectivity index (χ0) is 14.7. The summed E-state index contributed by atoms with van der Waals surface area (Å²) < 4.78 is 5.19. The molecule has 1 aromatic carbocycles. The minimum Gasteiger partial charge on any atom is -0.334 e. The largest absolute Gasteiger partial charge is 0.334 e. The molecule has 0 spiro atoms. The Labute approximate surface area is 122 Å². The van der Waals surface area contributed by atoms with Crippen molar-refractivity contribution in [2.75, 3.05) is 18.4 Å². The van der Waals surface area contributed by atoms with Gasteiger partial charge in [-0.1, -0.05) is 17.3 Å². The number of para-hydroxylation sites is 1. The highest BCUT2D eigenvalue weighted by molar-refractivity contribution is 5.96. The summed E-state index contributed by atoms with van der Waals surface area (Å²) in [5.74, 6) is 1.04. The Morgan fingerprint density at radius 1 is 1.43 bits per heavy atom. The summed E-state index contributed by atoms with van der Waals surface area (Å²) in [5.41, 5.74) is 1.45. The van der Waals surface area contributed by atoms with Gasteiger partial charge in [0.1, 0.15) is 0 Å². The van der Waals surface area contributed by atoms with Crippen LogP contribution in [0.1, 0.15) is 18.7 Å². The molecule has 6 nitrogen and oxygen atoms in total. The molecule has 21 heavy (non-hydrogen) atoms. The van der Waals surface area contributed by atoms with E-state index in [0.717, 1.165) is 31.5 Å². The molecule has 0 bridgehead atoms. The normalized spacial score (nSPS) is 18.4. The van der Waals surface area contributed by atoms with E-state index in [9.17, 15) is 4.79 Å². The minimum atomic E-state index is 0.0104. The highest BCUT2D eigenvalue weighted by Gasteiger charge is 2.22. The lowest BCUT2D eigenvalue weighted by Crippen LogP contribution is -2.37. The fourth-order valence-electron chi connectivity index (χ4n) is 2.50. The molecule has 1 aliphatic heterocycles. The number of piperidine rings is 1. The highest BCUT2D eigenvalue weighted by atomic mass is 16.5. The Kier molecular flexibility index (Phi) is 3.96. The Balaban J connectivity index is 1.80. The van der Waals surface area contributed by atoms with Crippen molar-refractivity contribution in [1.29, 1.82) is 0 Å². The van der Waals surface area contributed by atoms with Gasteiger partial charge in [-0.05, 0) is 38.4 Å². The molecule has 0 saturated carbocycles. The lowest BCUT2D eigenvalue weighted by molar-refractivity contribution is -0.120. The molecule has 110 valence electrons. The van der Waals surface area contributed by atoms with E-state index in [-0.39, 0.29) is 11.8 Å². The smallest absolute Gasteiger partial charge is 0.260 e. The van der Waals surface area contributed by atoms with Crippen molar-refractivity contribution in [3.8, 4) is 11.5 Å². The van der Waals surface area contributed by atoms with Gasteiger partial charge in [0.2, 0.25) is 5.91 Å². The van der Waals surface area contributed by atoms with Crippen LogP contribution in [-0.2, 0) is 4.79 Å². The molecular weight excluding hydrogens is 268 g/mol. The quantitative estimate of drug-likeness (QED) is 0.902. The van der Waals surface area contributed by atoms with Gasteiger partial charge in [-0.25, -0.2) is 0 Å². The third kappa shape index (κ3) is 3.11. The maximum atomic E-state index is 12.3.